The number of hydrogen-bond acceptors (Lipinski definition) is 7. The van der Waals surface area contributed by atoms with Crippen molar-refractivity contribution >= 4 is 29.0 Å². The number of unbranched alkanes of at least 4 members (excludes halogenated alkanes) is 1. The van der Waals surface area contributed by atoms with E-state index in [4.69, 9.17) is 4.74 Å². The molecule has 0 spiro atoms. The molecule has 2 heterocycles. The lowest BCUT2D eigenvalue weighted by molar-refractivity contribution is -0.132. The maximum Gasteiger partial charge on any atom is 0.308 e. The van der Waals surface area contributed by atoms with Crippen LogP contribution in [-0.4, -0.2) is 39.2 Å². The molecule has 180 valence electrons. The molecule has 2 aromatic carbocycles. The molecule has 1 unspecified atom stereocenters. The van der Waals surface area contributed by atoms with Gasteiger partial charge in [-0.15, -0.1) is 11.3 Å². The summed E-state index contributed by atoms with van der Waals surface area (Å²) in [6, 6.07) is 15.4. The quantitative estimate of drug-likeness (QED) is 0.257. The van der Waals surface area contributed by atoms with Gasteiger partial charge in [0.2, 0.25) is 5.78 Å². The number of carbonyl (C=O) groups is 3. The topological polar surface area (TPSA) is 96.8 Å². The normalized spacial score (nSPS) is 15.6. The molecule has 0 fully saturated rings. The number of rotatable bonds is 8. The molecule has 1 atom stereocenters. The van der Waals surface area contributed by atoms with Crippen LogP contribution in [0.3, 0.4) is 0 Å². The zero-order chi connectivity index (χ0) is 25.1. The Hall–Kier alpha value is -3.78. The Morgan fingerprint density at radius 2 is 1.80 bits per heavy atom. The van der Waals surface area contributed by atoms with Gasteiger partial charge in [-0.05, 0) is 31.0 Å². The lowest BCUT2D eigenvalue weighted by atomic mass is 9.95. The summed E-state index contributed by atoms with van der Waals surface area (Å²) in [7, 11) is 0. The van der Waals surface area contributed by atoms with E-state index in [1.165, 1.54) is 23.2 Å². The van der Waals surface area contributed by atoms with Gasteiger partial charge in [0.15, 0.2) is 5.76 Å². The smallest absolute Gasteiger partial charge is 0.308 e. The van der Waals surface area contributed by atoms with Crippen LogP contribution >= 0.6 is 11.3 Å². The molecule has 0 saturated carbocycles. The highest BCUT2D eigenvalue weighted by molar-refractivity contribution is 7.17. The van der Waals surface area contributed by atoms with Crippen LogP contribution in [0.4, 0.5) is 0 Å². The van der Waals surface area contributed by atoms with Crippen LogP contribution in [0.2, 0.25) is 0 Å². The van der Waals surface area contributed by atoms with E-state index in [-0.39, 0.29) is 5.57 Å². The Morgan fingerprint density at radius 1 is 1.11 bits per heavy atom. The summed E-state index contributed by atoms with van der Waals surface area (Å²) in [4.78, 5) is 44.6. The summed E-state index contributed by atoms with van der Waals surface area (Å²) < 4.78 is 5.12. The van der Waals surface area contributed by atoms with Crippen LogP contribution in [0.1, 0.15) is 53.7 Å². The standard InChI is InChI=1S/C27H26N2O5S/c1-4-5-15-29-22(18-11-13-20(14-12-18)34-17(3)30)21(24(32)27(29)33)23(31)25-16(2)28-26(35-25)19-9-7-6-8-10-19/h6-14,22,32H,4-5,15H2,1-3H3. The first-order chi connectivity index (χ1) is 16.8. The summed E-state index contributed by atoms with van der Waals surface area (Å²) in [6.45, 7) is 5.47. The van der Waals surface area contributed by atoms with Crippen LogP contribution in [0.15, 0.2) is 65.9 Å². The average Bonchev–Trinajstić information content (AvgIpc) is 3.35. The van der Waals surface area contributed by atoms with Crippen molar-refractivity contribution in [2.24, 2.45) is 0 Å². The summed E-state index contributed by atoms with van der Waals surface area (Å²) in [6.07, 6.45) is 1.57. The van der Waals surface area contributed by atoms with Crippen molar-refractivity contribution in [3.05, 3.63) is 82.1 Å². The highest BCUT2D eigenvalue weighted by atomic mass is 32.1. The molecule has 1 N–H and O–H groups in total. The van der Waals surface area contributed by atoms with Crippen molar-refractivity contribution in [1.29, 1.82) is 0 Å². The highest BCUT2D eigenvalue weighted by Crippen LogP contribution is 2.41. The van der Waals surface area contributed by atoms with Crippen molar-refractivity contribution < 1.29 is 24.2 Å². The van der Waals surface area contributed by atoms with Crippen LogP contribution < -0.4 is 4.74 Å². The molecule has 0 aliphatic carbocycles. The third kappa shape index (κ3) is 4.88. The van der Waals surface area contributed by atoms with Gasteiger partial charge in [0.25, 0.3) is 5.91 Å². The molecular weight excluding hydrogens is 464 g/mol. The minimum Gasteiger partial charge on any atom is -0.503 e. The van der Waals surface area contributed by atoms with E-state index in [9.17, 15) is 19.5 Å². The van der Waals surface area contributed by atoms with Crippen molar-refractivity contribution in [2.45, 2.75) is 39.7 Å². The first kappa shape index (κ1) is 24.3. The Kier molecular flexibility index (Phi) is 7.12. The number of aliphatic hydroxyl groups excluding tert-OH is 1. The number of esters is 1. The molecule has 1 amide bonds. The number of carbonyl (C=O) groups excluding carboxylic acids is 3. The van der Waals surface area contributed by atoms with Crippen LogP contribution in [0.25, 0.3) is 10.6 Å². The fraction of sp³-hybridized carbons (Fsp3) is 0.259. The van der Waals surface area contributed by atoms with E-state index in [0.29, 0.717) is 33.4 Å². The van der Waals surface area contributed by atoms with Crippen LogP contribution in [0, 0.1) is 6.92 Å². The third-order valence-corrected chi connectivity index (χ3v) is 6.99. The fourth-order valence-electron chi connectivity index (χ4n) is 4.11. The number of ether oxygens (including phenoxy) is 1. The number of Topliss-reactive ketones (excluding diaryl/α,β-unsaturated/α-hetero) is 1. The zero-order valence-electron chi connectivity index (χ0n) is 19.8. The predicted molar refractivity (Wildman–Crippen MR) is 133 cm³/mol. The molecule has 35 heavy (non-hydrogen) atoms. The second kappa shape index (κ2) is 10.2. The monoisotopic (exact) mass is 490 g/mol. The number of hydrogen-bond donors (Lipinski definition) is 1. The number of benzene rings is 2. The van der Waals surface area contributed by atoms with E-state index in [1.54, 1.807) is 31.2 Å². The number of aliphatic hydroxyl groups is 1. The van der Waals surface area contributed by atoms with E-state index >= 15 is 0 Å². The molecule has 1 aromatic heterocycles. The van der Waals surface area contributed by atoms with Crippen molar-refractivity contribution in [3.8, 4) is 16.3 Å². The zero-order valence-corrected chi connectivity index (χ0v) is 20.6. The van der Waals surface area contributed by atoms with Crippen LogP contribution in [0.5, 0.6) is 5.75 Å². The van der Waals surface area contributed by atoms with Gasteiger partial charge in [-0.2, -0.15) is 0 Å². The van der Waals surface area contributed by atoms with E-state index in [2.05, 4.69) is 4.98 Å². The van der Waals surface area contributed by atoms with E-state index < -0.39 is 29.5 Å². The second-order valence-electron chi connectivity index (χ2n) is 8.31. The third-order valence-electron chi connectivity index (χ3n) is 5.78. The molecular formula is C27H26N2O5S. The summed E-state index contributed by atoms with van der Waals surface area (Å²) in [5.74, 6) is -1.60. The lowest BCUT2D eigenvalue weighted by Crippen LogP contribution is -2.32. The highest BCUT2D eigenvalue weighted by Gasteiger charge is 2.44. The van der Waals surface area contributed by atoms with Gasteiger partial charge in [-0.25, -0.2) is 4.98 Å². The number of nitrogens with zero attached hydrogens (tertiary/aromatic N) is 2. The average molecular weight is 491 g/mol. The Morgan fingerprint density at radius 3 is 2.43 bits per heavy atom. The van der Waals surface area contributed by atoms with Crippen molar-refractivity contribution in [2.75, 3.05) is 6.54 Å². The van der Waals surface area contributed by atoms with E-state index in [1.807, 2.05) is 37.3 Å². The molecule has 4 rings (SSSR count). The lowest BCUT2D eigenvalue weighted by Gasteiger charge is -2.26. The van der Waals surface area contributed by atoms with Gasteiger partial charge in [-0.1, -0.05) is 55.8 Å². The molecule has 0 saturated heterocycles. The summed E-state index contributed by atoms with van der Waals surface area (Å²) in [5.41, 5.74) is 2.12. The number of thiazole rings is 1. The minimum atomic E-state index is -0.755. The second-order valence-corrected chi connectivity index (χ2v) is 9.31. The van der Waals surface area contributed by atoms with Gasteiger partial charge < -0.3 is 14.7 Å². The van der Waals surface area contributed by atoms with Gasteiger partial charge in [0, 0.05) is 19.0 Å². The maximum atomic E-state index is 13.8. The molecule has 8 heteroatoms. The van der Waals surface area contributed by atoms with Gasteiger partial charge in [-0.3, -0.25) is 14.4 Å². The molecule has 3 aromatic rings. The maximum absolute atomic E-state index is 13.8. The SMILES string of the molecule is CCCCN1C(=O)C(O)=C(C(=O)c2sc(-c3ccccc3)nc2C)C1c1ccc(OC(C)=O)cc1. The first-order valence-electron chi connectivity index (χ1n) is 11.4. The largest absolute Gasteiger partial charge is 0.503 e. The molecule has 0 bridgehead atoms. The Balaban J connectivity index is 1.75. The number of aryl methyl sites for hydroxylation is 1. The van der Waals surface area contributed by atoms with Gasteiger partial charge in [0.05, 0.1) is 22.2 Å². The molecule has 0 radical (unpaired) electrons. The van der Waals surface area contributed by atoms with Gasteiger partial charge in [0.1, 0.15) is 10.8 Å². The first-order valence-corrected chi connectivity index (χ1v) is 12.2. The molecule has 1 aliphatic rings. The minimum absolute atomic E-state index is 0.0395. The number of amides is 1. The Bertz CT molecular complexity index is 1290. The number of aromatic nitrogens is 1. The van der Waals surface area contributed by atoms with Crippen molar-refractivity contribution in [1.82, 2.24) is 9.88 Å². The number of ketones is 1. The summed E-state index contributed by atoms with van der Waals surface area (Å²) in [5, 5.41) is 11.6. The predicted octanol–water partition coefficient (Wildman–Crippen LogP) is 5.42. The van der Waals surface area contributed by atoms with Crippen LogP contribution in [-0.2, 0) is 9.59 Å². The van der Waals surface area contributed by atoms with E-state index in [0.717, 1.165) is 18.4 Å². The summed E-state index contributed by atoms with van der Waals surface area (Å²) >= 11 is 1.24. The fourth-order valence-corrected chi connectivity index (χ4v) is 5.13. The Labute approximate surface area is 207 Å². The van der Waals surface area contributed by atoms with Crippen molar-refractivity contribution in [3.63, 3.8) is 0 Å². The molecule has 7 nitrogen and oxygen atoms in total. The van der Waals surface area contributed by atoms with Gasteiger partial charge >= 0.3 is 5.97 Å². The molecule has 1 aliphatic heterocycles.